The van der Waals surface area contributed by atoms with Gasteiger partial charge in [0.25, 0.3) is 0 Å². The number of hydrogen-bond donors (Lipinski definition) is 2. The minimum atomic E-state index is 0.0361. The van der Waals surface area contributed by atoms with Crippen molar-refractivity contribution in [3.05, 3.63) is 53.4 Å². The molecule has 6 nitrogen and oxygen atoms in total. The Hall–Kier alpha value is -2.34. The molecule has 2 aromatic heterocycles. The molecule has 0 unspecified atom stereocenters. The molecule has 1 atom stereocenters. The summed E-state index contributed by atoms with van der Waals surface area (Å²) in [4.78, 5) is 25.2. The topological polar surface area (TPSA) is 79.8 Å². The van der Waals surface area contributed by atoms with E-state index < -0.39 is 0 Å². The Bertz CT molecular complexity index is 698. The lowest BCUT2D eigenvalue weighted by atomic mass is 9.95. The second kappa shape index (κ2) is 8.67. The smallest absolute Gasteiger partial charge is 0.220 e. The Labute approximate surface area is 148 Å². The molecule has 0 spiro atoms. The average molecular weight is 339 g/mol. The Kier molecular flexibility index (Phi) is 6.06. The highest BCUT2D eigenvalue weighted by molar-refractivity contribution is 5.76. The van der Waals surface area contributed by atoms with E-state index >= 15 is 0 Å². The highest BCUT2D eigenvalue weighted by Gasteiger charge is 2.18. The number of aromatic nitrogens is 3. The Morgan fingerprint density at radius 2 is 2.16 bits per heavy atom. The van der Waals surface area contributed by atoms with E-state index in [2.05, 4.69) is 31.7 Å². The maximum absolute atomic E-state index is 12.1. The number of rotatable bonds is 6. The number of piperidine rings is 1. The first-order valence-corrected chi connectivity index (χ1v) is 8.91. The molecular formula is C19H25N5O. The standard InChI is InChI=1S/C19H25N5O/c1-14-23-17(11-18(24-14)16-3-2-8-21-13-16)4-5-19(25)22-12-15-6-9-20-10-7-15/h6-7,9-11,16,21H,2-5,8,12-13H2,1H3,(H,22,25)/t16-/m0/s1. The fourth-order valence-corrected chi connectivity index (χ4v) is 3.13. The highest BCUT2D eigenvalue weighted by atomic mass is 16.1. The summed E-state index contributed by atoms with van der Waals surface area (Å²) in [5.41, 5.74) is 3.10. The van der Waals surface area contributed by atoms with Crippen LogP contribution in [-0.4, -0.2) is 33.9 Å². The maximum atomic E-state index is 12.1. The van der Waals surface area contributed by atoms with Crippen molar-refractivity contribution in [1.29, 1.82) is 0 Å². The normalized spacial score (nSPS) is 17.2. The van der Waals surface area contributed by atoms with Crippen molar-refractivity contribution in [2.45, 2.75) is 45.1 Å². The summed E-state index contributed by atoms with van der Waals surface area (Å²) < 4.78 is 0. The summed E-state index contributed by atoms with van der Waals surface area (Å²) in [6.07, 6.45) is 6.87. The first-order valence-electron chi connectivity index (χ1n) is 8.91. The maximum Gasteiger partial charge on any atom is 0.220 e. The zero-order valence-electron chi connectivity index (χ0n) is 14.7. The molecule has 1 saturated heterocycles. The minimum Gasteiger partial charge on any atom is -0.352 e. The fourth-order valence-electron chi connectivity index (χ4n) is 3.13. The van der Waals surface area contributed by atoms with E-state index in [1.807, 2.05) is 19.1 Å². The van der Waals surface area contributed by atoms with Crippen molar-refractivity contribution in [3.8, 4) is 0 Å². The van der Waals surface area contributed by atoms with Crippen LogP contribution >= 0.6 is 0 Å². The fraction of sp³-hybridized carbons (Fsp3) is 0.474. The predicted octanol–water partition coefficient (Wildman–Crippen LogP) is 1.90. The lowest BCUT2D eigenvalue weighted by Gasteiger charge is -2.22. The molecule has 6 heteroatoms. The molecule has 2 N–H and O–H groups in total. The molecule has 25 heavy (non-hydrogen) atoms. The Morgan fingerprint density at radius 1 is 1.32 bits per heavy atom. The summed E-state index contributed by atoms with van der Waals surface area (Å²) in [6.45, 7) is 4.52. The van der Waals surface area contributed by atoms with Gasteiger partial charge in [-0.1, -0.05) is 0 Å². The van der Waals surface area contributed by atoms with Crippen molar-refractivity contribution < 1.29 is 4.79 Å². The molecule has 1 fully saturated rings. The molecule has 1 amide bonds. The van der Waals surface area contributed by atoms with Gasteiger partial charge in [0.05, 0.1) is 0 Å². The number of aryl methyl sites for hydroxylation is 2. The van der Waals surface area contributed by atoms with Gasteiger partial charge in [0.15, 0.2) is 0 Å². The van der Waals surface area contributed by atoms with Crippen LogP contribution < -0.4 is 10.6 Å². The minimum absolute atomic E-state index is 0.0361. The van der Waals surface area contributed by atoms with E-state index in [9.17, 15) is 4.79 Å². The van der Waals surface area contributed by atoms with Crippen molar-refractivity contribution in [2.24, 2.45) is 0 Å². The monoisotopic (exact) mass is 339 g/mol. The molecule has 0 aliphatic carbocycles. The van der Waals surface area contributed by atoms with Gasteiger partial charge in [-0.2, -0.15) is 0 Å². The van der Waals surface area contributed by atoms with Crippen LogP contribution in [0.25, 0.3) is 0 Å². The second-order valence-corrected chi connectivity index (χ2v) is 6.51. The molecule has 0 bridgehead atoms. The van der Waals surface area contributed by atoms with Gasteiger partial charge < -0.3 is 10.6 Å². The van der Waals surface area contributed by atoms with Crippen LogP contribution in [0.3, 0.4) is 0 Å². The van der Waals surface area contributed by atoms with E-state index in [-0.39, 0.29) is 5.91 Å². The van der Waals surface area contributed by atoms with Crippen LogP contribution in [0.2, 0.25) is 0 Å². The summed E-state index contributed by atoms with van der Waals surface area (Å²) in [6, 6.07) is 5.87. The van der Waals surface area contributed by atoms with E-state index in [1.54, 1.807) is 12.4 Å². The van der Waals surface area contributed by atoms with Crippen molar-refractivity contribution in [1.82, 2.24) is 25.6 Å². The largest absolute Gasteiger partial charge is 0.352 e. The summed E-state index contributed by atoms with van der Waals surface area (Å²) >= 11 is 0. The second-order valence-electron chi connectivity index (χ2n) is 6.51. The molecule has 0 aromatic carbocycles. The van der Waals surface area contributed by atoms with Crippen molar-refractivity contribution in [2.75, 3.05) is 13.1 Å². The van der Waals surface area contributed by atoms with E-state index in [0.29, 0.717) is 25.3 Å². The zero-order valence-corrected chi connectivity index (χ0v) is 14.7. The predicted molar refractivity (Wildman–Crippen MR) is 96.0 cm³/mol. The molecule has 3 heterocycles. The summed E-state index contributed by atoms with van der Waals surface area (Å²) in [5.74, 6) is 1.28. The van der Waals surface area contributed by atoms with Gasteiger partial charge in [-0.3, -0.25) is 9.78 Å². The van der Waals surface area contributed by atoms with Gasteiger partial charge in [-0.25, -0.2) is 9.97 Å². The van der Waals surface area contributed by atoms with Crippen LogP contribution in [0.1, 0.15) is 48.0 Å². The molecule has 1 aliphatic rings. The molecular weight excluding hydrogens is 314 g/mol. The van der Waals surface area contributed by atoms with E-state index in [4.69, 9.17) is 0 Å². The first kappa shape index (κ1) is 17.5. The lowest BCUT2D eigenvalue weighted by molar-refractivity contribution is -0.121. The molecule has 132 valence electrons. The number of carbonyl (C=O) groups is 1. The highest BCUT2D eigenvalue weighted by Crippen LogP contribution is 2.22. The number of nitrogens with zero attached hydrogens (tertiary/aromatic N) is 3. The van der Waals surface area contributed by atoms with Crippen LogP contribution in [0.4, 0.5) is 0 Å². The van der Waals surface area contributed by atoms with E-state index in [1.165, 1.54) is 6.42 Å². The third-order valence-corrected chi connectivity index (χ3v) is 4.47. The molecule has 3 rings (SSSR count). The van der Waals surface area contributed by atoms with Crippen LogP contribution in [-0.2, 0) is 17.8 Å². The first-order chi connectivity index (χ1) is 12.2. The van der Waals surface area contributed by atoms with Crippen molar-refractivity contribution in [3.63, 3.8) is 0 Å². The van der Waals surface area contributed by atoms with Gasteiger partial charge in [0.1, 0.15) is 5.82 Å². The molecule has 1 aliphatic heterocycles. The van der Waals surface area contributed by atoms with Crippen molar-refractivity contribution >= 4 is 5.91 Å². The SMILES string of the molecule is Cc1nc(CCC(=O)NCc2ccncc2)cc([C@H]2CCCNC2)n1. The van der Waals surface area contributed by atoms with Crippen LogP contribution in [0.5, 0.6) is 0 Å². The van der Waals surface area contributed by atoms with Gasteiger partial charge in [0, 0.05) is 49.2 Å². The number of nitrogens with one attached hydrogen (secondary N) is 2. The Balaban J connectivity index is 1.53. The molecule has 2 aromatic rings. The van der Waals surface area contributed by atoms with Gasteiger partial charge in [-0.15, -0.1) is 0 Å². The average Bonchev–Trinajstić information content (AvgIpc) is 2.66. The third-order valence-electron chi connectivity index (χ3n) is 4.47. The number of carbonyl (C=O) groups excluding carboxylic acids is 1. The van der Waals surface area contributed by atoms with E-state index in [0.717, 1.165) is 42.3 Å². The summed E-state index contributed by atoms with van der Waals surface area (Å²) in [5, 5.41) is 6.37. The number of hydrogen-bond acceptors (Lipinski definition) is 5. The van der Waals surface area contributed by atoms with Gasteiger partial charge >= 0.3 is 0 Å². The quantitative estimate of drug-likeness (QED) is 0.840. The number of amides is 1. The molecule has 0 saturated carbocycles. The lowest BCUT2D eigenvalue weighted by Crippen LogP contribution is -2.29. The third kappa shape index (κ3) is 5.32. The van der Waals surface area contributed by atoms with Gasteiger partial charge in [0.2, 0.25) is 5.91 Å². The van der Waals surface area contributed by atoms with Crippen LogP contribution in [0.15, 0.2) is 30.6 Å². The Morgan fingerprint density at radius 3 is 2.92 bits per heavy atom. The zero-order chi connectivity index (χ0) is 17.5. The molecule has 0 radical (unpaired) electrons. The summed E-state index contributed by atoms with van der Waals surface area (Å²) in [7, 11) is 0. The number of pyridine rings is 1. The van der Waals surface area contributed by atoms with Crippen LogP contribution in [0, 0.1) is 6.92 Å². The van der Waals surface area contributed by atoms with Gasteiger partial charge in [-0.05, 0) is 56.5 Å².